The Kier molecular flexibility index (Phi) is 5.25. The normalized spacial score (nSPS) is 10.6. The number of Topliss-reactive ketones (excluding diaryl/α,β-unsaturated/α-hetero) is 1. The van der Waals surface area contributed by atoms with Crippen LogP contribution >= 0.6 is 0 Å². The van der Waals surface area contributed by atoms with Gasteiger partial charge in [0.25, 0.3) is 0 Å². The van der Waals surface area contributed by atoms with Gasteiger partial charge in [0.15, 0.2) is 17.3 Å². The molecule has 0 aliphatic carbocycles. The van der Waals surface area contributed by atoms with Gasteiger partial charge in [-0.25, -0.2) is 0 Å². The van der Waals surface area contributed by atoms with Crippen LogP contribution in [-0.4, -0.2) is 32.2 Å². The minimum Gasteiger partial charge on any atom is -0.507 e. The molecule has 0 unspecified atom stereocenters. The molecule has 112 valence electrons. The largest absolute Gasteiger partial charge is 0.507 e. The van der Waals surface area contributed by atoms with E-state index in [9.17, 15) is 9.90 Å². The van der Waals surface area contributed by atoms with Crippen molar-refractivity contribution in [3.63, 3.8) is 0 Å². The molecule has 0 aliphatic rings. The summed E-state index contributed by atoms with van der Waals surface area (Å²) in [4.78, 5) is 11.8. The molecule has 5 nitrogen and oxygen atoms in total. The summed E-state index contributed by atoms with van der Waals surface area (Å²) in [7, 11) is 4.39. The second-order valence-corrected chi connectivity index (χ2v) is 4.96. The Balaban J connectivity index is 3.74. The SMILES string of the molecule is COc1c(CC(C)C)c(O)c(C(C)=O)c(OC)c1OC. The summed E-state index contributed by atoms with van der Waals surface area (Å²) in [5, 5.41) is 10.4. The van der Waals surface area contributed by atoms with Gasteiger partial charge in [0.05, 0.1) is 21.3 Å². The Labute approximate surface area is 119 Å². The number of ketones is 1. The van der Waals surface area contributed by atoms with Crippen LogP contribution in [0.5, 0.6) is 23.0 Å². The Hall–Kier alpha value is -1.91. The number of hydrogen-bond donors (Lipinski definition) is 1. The lowest BCUT2D eigenvalue weighted by Gasteiger charge is -2.21. The third-order valence-corrected chi connectivity index (χ3v) is 3.01. The molecule has 0 fully saturated rings. The number of phenolic OH excluding ortho intramolecular Hbond substituents is 1. The average molecular weight is 282 g/mol. The number of ether oxygens (including phenoxy) is 3. The maximum absolute atomic E-state index is 11.8. The van der Waals surface area contributed by atoms with Crippen molar-refractivity contribution in [2.24, 2.45) is 5.92 Å². The molecule has 0 saturated carbocycles. The molecule has 0 heterocycles. The van der Waals surface area contributed by atoms with Gasteiger partial charge in [0.2, 0.25) is 5.75 Å². The highest BCUT2D eigenvalue weighted by atomic mass is 16.5. The quantitative estimate of drug-likeness (QED) is 0.813. The van der Waals surface area contributed by atoms with Gasteiger partial charge in [0.1, 0.15) is 11.3 Å². The lowest BCUT2D eigenvalue weighted by atomic mass is 9.95. The van der Waals surface area contributed by atoms with E-state index in [4.69, 9.17) is 14.2 Å². The van der Waals surface area contributed by atoms with E-state index in [2.05, 4.69) is 0 Å². The van der Waals surface area contributed by atoms with E-state index in [1.807, 2.05) is 13.8 Å². The van der Waals surface area contributed by atoms with Gasteiger partial charge in [0, 0.05) is 5.56 Å². The standard InChI is InChI=1S/C15H22O5/c1-8(2)7-10-12(17)11(9(3)16)14(19-5)15(20-6)13(10)18-4/h8,17H,7H2,1-6H3. The zero-order valence-electron chi connectivity index (χ0n) is 12.9. The number of hydrogen-bond acceptors (Lipinski definition) is 5. The summed E-state index contributed by atoms with van der Waals surface area (Å²) in [6.07, 6.45) is 0.565. The van der Waals surface area contributed by atoms with Crippen molar-refractivity contribution in [1.29, 1.82) is 0 Å². The van der Waals surface area contributed by atoms with Gasteiger partial charge in [-0.05, 0) is 19.3 Å². The first kappa shape index (κ1) is 16.1. The summed E-state index contributed by atoms with van der Waals surface area (Å²) >= 11 is 0. The molecule has 0 saturated heterocycles. The minimum absolute atomic E-state index is 0.0966. The molecular weight excluding hydrogens is 260 g/mol. The van der Waals surface area contributed by atoms with Crippen LogP contribution in [0.3, 0.4) is 0 Å². The van der Waals surface area contributed by atoms with Crippen LogP contribution in [0.15, 0.2) is 0 Å². The Bertz CT molecular complexity index is 506. The molecule has 0 radical (unpaired) electrons. The van der Waals surface area contributed by atoms with E-state index in [-0.39, 0.29) is 28.8 Å². The highest BCUT2D eigenvalue weighted by Gasteiger charge is 2.28. The number of benzene rings is 1. The summed E-state index contributed by atoms with van der Waals surface area (Å²) in [6.45, 7) is 5.41. The molecule has 5 heteroatoms. The predicted octanol–water partition coefficient (Wildman–Crippen LogP) is 2.82. The summed E-state index contributed by atoms with van der Waals surface area (Å²) in [5.41, 5.74) is 0.686. The van der Waals surface area contributed by atoms with Gasteiger partial charge in [-0.3, -0.25) is 4.79 Å². The highest BCUT2D eigenvalue weighted by molar-refractivity contribution is 6.01. The molecule has 0 bridgehead atoms. The molecule has 0 spiro atoms. The van der Waals surface area contributed by atoms with Gasteiger partial charge in [-0.2, -0.15) is 0 Å². The Morgan fingerprint density at radius 2 is 1.55 bits per heavy atom. The Morgan fingerprint density at radius 3 is 1.90 bits per heavy atom. The van der Waals surface area contributed by atoms with Crippen molar-refractivity contribution in [2.45, 2.75) is 27.2 Å². The van der Waals surface area contributed by atoms with Crippen LogP contribution in [0.1, 0.15) is 36.7 Å². The molecule has 0 aromatic heterocycles. The van der Waals surface area contributed by atoms with Crippen LogP contribution < -0.4 is 14.2 Å². The zero-order chi connectivity index (χ0) is 15.4. The number of phenols is 1. The fraction of sp³-hybridized carbons (Fsp3) is 0.533. The van der Waals surface area contributed by atoms with Crippen LogP contribution in [0.2, 0.25) is 0 Å². The number of rotatable bonds is 6. The molecule has 0 amide bonds. The van der Waals surface area contributed by atoms with Crippen molar-refractivity contribution in [2.75, 3.05) is 21.3 Å². The van der Waals surface area contributed by atoms with E-state index in [1.54, 1.807) is 0 Å². The van der Waals surface area contributed by atoms with Crippen LogP contribution in [0.4, 0.5) is 0 Å². The van der Waals surface area contributed by atoms with Crippen molar-refractivity contribution in [1.82, 2.24) is 0 Å². The second kappa shape index (κ2) is 6.50. The summed E-state index contributed by atoms with van der Waals surface area (Å²) in [5.74, 6) is 0.828. The molecular formula is C15H22O5. The number of aromatic hydroxyl groups is 1. The first-order valence-corrected chi connectivity index (χ1v) is 6.43. The van der Waals surface area contributed by atoms with E-state index in [0.717, 1.165) is 0 Å². The summed E-state index contributed by atoms with van der Waals surface area (Å²) in [6, 6.07) is 0. The smallest absolute Gasteiger partial charge is 0.204 e. The highest BCUT2D eigenvalue weighted by Crippen LogP contribution is 2.49. The molecule has 1 N–H and O–H groups in total. The lowest BCUT2D eigenvalue weighted by molar-refractivity contribution is 0.101. The van der Waals surface area contributed by atoms with Crippen molar-refractivity contribution in [3.8, 4) is 23.0 Å². The number of carbonyl (C=O) groups is 1. The molecule has 1 aromatic rings. The van der Waals surface area contributed by atoms with E-state index < -0.39 is 0 Å². The van der Waals surface area contributed by atoms with Crippen LogP contribution in [0, 0.1) is 5.92 Å². The van der Waals surface area contributed by atoms with Crippen molar-refractivity contribution in [3.05, 3.63) is 11.1 Å². The maximum Gasteiger partial charge on any atom is 0.204 e. The van der Waals surface area contributed by atoms with E-state index in [1.165, 1.54) is 28.3 Å². The molecule has 0 aliphatic heterocycles. The van der Waals surface area contributed by atoms with Crippen LogP contribution in [0.25, 0.3) is 0 Å². The number of carbonyl (C=O) groups excluding carboxylic acids is 1. The zero-order valence-corrected chi connectivity index (χ0v) is 12.9. The fourth-order valence-electron chi connectivity index (χ4n) is 2.24. The predicted molar refractivity (Wildman–Crippen MR) is 76.3 cm³/mol. The monoisotopic (exact) mass is 282 g/mol. The van der Waals surface area contributed by atoms with Gasteiger partial charge in [-0.1, -0.05) is 13.8 Å². The fourth-order valence-corrected chi connectivity index (χ4v) is 2.24. The maximum atomic E-state index is 11.8. The number of methoxy groups -OCH3 is 3. The first-order chi connectivity index (χ1) is 9.38. The average Bonchev–Trinajstić information content (AvgIpc) is 2.38. The third kappa shape index (κ3) is 2.81. The molecule has 20 heavy (non-hydrogen) atoms. The Morgan fingerprint density at radius 1 is 1.05 bits per heavy atom. The third-order valence-electron chi connectivity index (χ3n) is 3.01. The van der Waals surface area contributed by atoms with Gasteiger partial charge < -0.3 is 19.3 Å². The first-order valence-electron chi connectivity index (χ1n) is 6.43. The molecule has 1 rings (SSSR count). The van der Waals surface area contributed by atoms with Gasteiger partial charge in [-0.15, -0.1) is 0 Å². The van der Waals surface area contributed by atoms with E-state index in [0.29, 0.717) is 23.5 Å². The molecule has 1 aromatic carbocycles. The van der Waals surface area contributed by atoms with E-state index >= 15 is 0 Å². The van der Waals surface area contributed by atoms with Gasteiger partial charge >= 0.3 is 0 Å². The van der Waals surface area contributed by atoms with Crippen molar-refractivity contribution >= 4 is 5.78 Å². The minimum atomic E-state index is -0.287. The molecule has 0 atom stereocenters. The second-order valence-electron chi connectivity index (χ2n) is 4.96. The van der Waals surface area contributed by atoms with Crippen molar-refractivity contribution < 1.29 is 24.1 Å². The summed E-state index contributed by atoms with van der Waals surface area (Å²) < 4.78 is 15.9. The topological polar surface area (TPSA) is 65.0 Å². The lowest BCUT2D eigenvalue weighted by Crippen LogP contribution is -2.08. The van der Waals surface area contributed by atoms with Crippen LogP contribution in [-0.2, 0) is 6.42 Å².